The normalized spacial score (nSPS) is 41.7. The predicted octanol–water partition coefficient (Wildman–Crippen LogP) is 9.12. The summed E-state index contributed by atoms with van der Waals surface area (Å²) in [6.45, 7) is 0. The first kappa shape index (κ1) is 39.3. The van der Waals surface area contributed by atoms with Gasteiger partial charge in [0.1, 0.15) is 0 Å². The number of halogens is 30. The zero-order valence-corrected chi connectivity index (χ0v) is 19.8. The van der Waals surface area contributed by atoms with Crippen LogP contribution in [0.4, 0.5) is 132 Å². The highest BCUT2D eigenvalue weighted by Crippen LogP contribution is 2.84. The lowest BCUT2D eigenvalue weighted by Crippen LogP contribution is -3.02. The molecule has 0 spiro atoms. The maximum Gasteiger partial charge on any atom is 0.384 e. The van der Waals surface area contributed by atoms with Gasteiger partial charge in [0.2, 0.25) is 0 Å². The lowest BCUT2D eigenvalue weighted by Gasteiger charge is -2.66. The van der Waals surface area contributed by atoms with Crippen LogP contribution in [0.5, 0.6) is 0 Å². The molecule has 3 saturated carbocycles. The van der Waals surface area contributed by atoms with Gasteiger partial charge >= 0.3 is 88.3 Å². The van der Waals surface area contributed by atoms with Crippen molar-refractivity contribution < 1.29 is 132 Å². The van der Waals surface area contributed by atoms with Crippen molar-refractivity contribution in [3.8, 4) is 0 Å². The Bertz CT molecular complexity index is 1320. The van der Waals surface area contributed by atoms with E-state index in [0.717, 1.165) is 0 Å². The second-order valence-electron chi connectivity index (χ2n) is 10.1. The van der Waals surface area contributed by atoms with Gasteiger partial charge in [0, 0.05) is 0 Å². The van der Waals surface area contributed by atoms with Crippen molar-refractivity contribution in [3.05, 3.63) is 0 Å². The molecule has 0 nitrogen and oxygen atoms in total. The molecule has 278 valence electrons. The predicted molar refractivity (Wildman–Crippen MR) is 79.7 cm³/mol. The Labute approximate surface area is 233 Å². The number of alkyl halides is 30. The molecule has 0 aromatic carbocycles. The second-order valence-corrected chi connectivity index (χ2v) is 10.1. The van der Waals surface area contributed by atoms with Gasteiger partial charge in [0.05, 0.1) is 0 Å². The number of hydrogen-bond donors (Lipinski definition) is 0. The van der Waals surface area contributed by atoms with Gasteiger partial charge in [0.25, 0.3) is 11.3 Å². The van der Waals surface area contributed by atoms with Gasteiger partial charge in [-0.05, 0) is 0 Å². The van der Waals surface area contributed by atoms with E-state index in [1.807, 2.05) is 0 Å². The molecule has 0 bridgehead atoms. The third-order valence-corrected chi connectivity index (χ3v) is 7.96. The van der Waals surface area contributed by atoms with E-state index >= 15 is 8.78 Å². The summed E-state index contributed by atoms with van der Waals surface area (Å²) >= 11 is 0. The molecule has 0 saturated heterocycles. The zero-order chi connectivity index (χ0) is 38.5. The SMILES string of the molecule is FC1(F)C(F)(F)C(F)(F)C(F)(C(F)(F)[C@@]2(F)C(F)(F)C(F)(F)[C@]3(F)C(F)(F)C(F)(F)C(F)(F)C(F)(F)[C@@]3(F)C2(F)F)C(F)(F)C1(F)F. The quantitative estimate of drug-likeness (QED) is 0.246. The van der Waals surface area contributed by atoms with Gasteiger partial charge in [0.15, 0.2) is 0 Å². The fourth-order valence-electron chi connectivity index (χ4n) is 5.20. The molecule has 3 aliphatic rings. The average molecular weight is 774 g/mol. The lowest BCUT2D eigenvalue weighted by molar-refractivity contribution is -0.573. The highest BCUT2D eigenvalue weighted by Gasteiger charge is 3.19. The average Bonchev–Trinajstić information content (AvgIpc) is 2.87. The molecular formula is C17F30. The number of hydrogen-bond acceptors (Lipinski definition) is 0. The molecule has 3 aliphatic carbocycles. The van der Waals surface area contributed by atoms with Crippen LogP contribution < -0.4 is 0 Å². The minimum absolute atomic E-state index is 8.79. The summed E-state index contributed by atoms with van der Waals surface area (Å²) < 4.78 is 426. The van der Waals surface area contributed by atoms with Crippen LogP contribution in [0.2, 0.25) is 0 Å². The van der Waals surface area contributed by atoms with E-state index in [1.54, 1.807) is 0 Å². The largest absolute Gasteiger partial charge is 0.384 e. The van der Waals surface area contributed by atoms with Crippen molar-refractivity contribution in [2.75, 3.05) is 0 Å². The van der Waals surface area contributed by atoms with E-state index in [9.17, 15) is 123 Å². The van der Waals surface area contributed by atoms with E-state index < -0.39 is 99.7 Å². The molecule has 0 aromatic heterocycles. The summed E-state index contributed by atoms with van der Waals surface area (Å²) in [4.78, 5) is 0. The van der Waals surface area contributed by atoms with Crippen molar-refractivity contribution >= 4 is 0 Å². The van der Waals surface area contributed by atoms with Gasteiger partial charge < -0.3 is 0 Å². The molecule has 3 rings (SSSR count). The molecule has 0 aliphatic heterocycles. The first-order chi connectivity index (χ1) is 19.8. The second kappa shape index (κ2) is 8.10. The van der Waals surface area contributed by atoms with Crippen molar-refractivity contribution in [1.82, 2.24) is 0 Å². The number of rotatable bonds is 2. The zero-order valence-electron chi connectivity index (χ0n) is 19.8. The van der Waals surface area contributed by atoms with Crippen LogP contribution in [-0.4, -0.2) is 99.7 Å². The monoisotopic (exact) mass is 774 g/mol. The third-order valence-electron chi connectivity index (χ3n) is 7.96. The molecule has 3 atom stereocenters. The smallest absolute Gasteiger partial charge is 0.226 e. The molecule has 0 amide bonds. The topological polar surface area (TPSA) is 0 Å². The van der Waals surface area contributed by atoms with Gasteiger partial charge in [-0.15, -0.1) is 0 Å². The van der Waals surface area contributed by atoms with Crippen molar-refractivity contribution in [3.63, 3.8) is 0 Å². The molecule has 0 N–H and O–H groups in total. The highest BCUT2D eigenvalue weighted by atomic mass is 19.4. The Balaban J connectivity index is 2.74. The fraction of sp³-hybridized carbons (Fsp3) is 1.00. The van der Waals surface area contributed by atoms with Crippen LogP contribution in [0.25, 0.3) is 0 Å². The van der Waals surface area contributed by atoms with Crippen LogP contribution in [-0.2, 0) is 0 Å². The fourth-order valence-corrected chi connectivity index (χ4v) is 5.20. The van der Waals surface area contributed by atoms with Crippen LogP contribution >= 0.6 is 0 Å². The van der Waals surface area contributed by atoms with Crippen LogP contribution in [0.1, 0.15) is 0 Å². The molecule has 0 aromatic rings. The Morgan fingerprint density at radius 3 is 0.617 bits per heavy atom. The van der Waals surface area contributed by atoms with Crippen LogP contribution in [0, 0.1) is 0 Å². The summed E-state index contributed by atoms with van der Waals surface area (Å²) in [5, 5.41) is 0. The third kappa shape index (κ3) is 2.70. The summed E-state index contributed by atoms with van der Waals surface area (Å²) in [7, 11) is 0. The van der Waals surface area contributed by atoms with E-state index in [4.69, 9.17) is 0 Å². The lowest BCUT2D eigenvalue weighted by atomic mass is 9.49. The summed E-state index contributed by atoms with van der Waals surface area (Å²) in [5.74, 6) is -125. The molecule has 0 unspecified atom stereocenters. The molecular weight excluding hydrogens is 774 g/mol. The Morgan fingerprint density at radius 2 is 0.340 bits per heavy atom. The van der Waals surface area contributed by atoms with Crippen molar-refractivity contribution in [2.45, 2.75) is 99.7 Å². The first-order valence-corrected chi connectivity index (χ1v) is 10.4. The Hall–Kier alpha value is -2.10. The molecule has 47 heavy (non-hydrogen) atoms. The Morgan fingerprint density at radius 1 is 0.191 bits per heavy atom. The van der Waals surface area contributed by atoms with E-state index in [0.29, 0.717) is 0 Å². The van der Waals surface area contributed by atoms with E-state index in [2.05, 4.69) is 0 Å². The summed E-state index contributed by atoms with van der Waals surface area (Å²) in [6, 6.07) is 0. The first-order valence-electron chi connectivity index (χ1n) is 10.4. The summed E-state index contributed by atoms with van der Waals surface area (Å²) in [5.41, 5.74) is -40.7. The molecule has 0 heterocycles. The highest BCUT2D eigenvalue weighted by molar-refractivity contribution is 5.47. The van der Waals surface area contributed by atoms with Gasteiger partial charge in [-0.3, -0.25) is 0 Å². The van der Waals surface area contributed by atoms with Crippen molar-refractivity contribution in [1.29, 1.82) is 0 Å². The van der Waals surface area contributed by atoms with Crippen LogP contribution in [0.3, 0.4) is 0 Å². The van der Waals surface area contributed by atoms with E-state index in [1.165, 1.54) is 0 Å². The molecule has 3 fully saturated rings. The van der Waals surface area contributed by atoms with Gasteiger partial charge in [-0.25, -0.2) is 17.6 Å². The Kier molecular flexibility index (Phi) is 6.78. The summed E-state index contributed by atoms with van der Waals surface area (Å²) in [6.07, 6.45) is 0. The molecule has 30 heteroatoms. The van der Waals surface area contributed by atoms with Crippen molar-refractivity contribution in [2.24, 2.45) is 0 Å². The molecule has 0 radical (unpaired) electrons. The number of fused-ring (bicyclic) bond motifs is 1. The maximum atomic E-state index is 15.3. The van der Waals surface area contributed by atoms with E-state index in [-0.39, 0.29) is 0 Å². The van der Waals surface area contributed by atoms with Gasteiger partial charge in [-0.1, -0.05) is 0 Å². The van der Waals surface area contributed by atoms with Crippen LogP contribution in [0.15, 0.2) is 0 Å². The minimum Gasteiger partial charge on any atom is -0.226 e. The van der Waals surface area contributed by atoms with Gasteiger partial charge in [-0.2, -0.15) is 114 Å². The minimum atomic E-state index is -10.6. The maximum absolute atomic E-state index is 15.3. The standard InChI is InChI=1S/C17F30/c18-1-2(19,9(30,31)14(40,41)13(38,39)8(1,28)29)7(26,27)10(32,33)3(20,5(1,22)23)6(24,25)4(21)11(34,35)15(42,43)17(46,47)16(44,45)12(4,36)37/t1-,2-,3+/m0/s1.